The van der Waals surface area contributed by atoms with Crippen molar-refractivity contribution in [3.8, 4) is 5.75 Å². The lowest BCUT2D eigenvalue weighted by atomic mass is 10.0. The third-order valence-electron chi connectivity index (χ3n) is 4.67. The first kappa shape index (κ1) is 21.3. The Morgan fingerprint density at radius 3 is 2.59 bits per heavy atom. The predicted octanol–water partition coefficient (Wildman–Crippen LogP) is 4.33. The van der Waals surface area contributed by atoms with Crippen molar-refractivity contribution in [3.05, 3.63) is 63.6 Å². The highest BCUT2D eigenvalue weighted by Gasteiger charge is 2.63. The zero-order chi connectivity index (χ0) is 21.4. The molecule has 0 aromatic heterocycles. The Labute approximate surface area is 173 Å². The zero-order valence-electron chi connectivity index (χ0n) is 15.6. The Morgan fingerprint density at radius 1 is 1.24 bits per heavy atom. The number of hydrogen-bond acceptors (Lipinski definition) is 4. The highest BCUT2D eigenvalue weighted by molar-refractivity contribution is 9.10. The standard InChI is InChI=1S/C20H18BrF3N2O3/c1-12-6-7-16(8-13(12)2)29-11-18(27)26-19(28,20(22,23)24)10-17(25-26)14-4-3-5-15(21)9-14/h3-9,28H,10-11H2,1-2H3. The van der Waals surface area contributed by atoms with Crippen LogP contribution in [-0.4, -0.2) is 40.2 Å². The van der Waals surface area contributed by atoms with Gasteiger partial charge in [0, 0.05) is 4.47 Å². The summed E-state index contributed by atoms with van der Waals surface area (Å²) in [4.78, 5) is 12.5. The summed E-state index contributed by atoms with van der Waals surface area (Å²) in [5, 5.41) is 14.2. The molecule has 2 aromatic carbocycles. The fraction of sp³-hybridized carbons (Fsp3) is 0.300. The molecule has 3 rings (SSSR count). The van der Waals surface area contributed by atoms with E-state index in [9.17, 15) is 23.1 Å². The van der Waals surface area contributed by atoms with Crippen molar-refractivity contribution in [1.82, 2.24) is 5.01 Å². The number of alkyl halides is 3. The van der Waals surface area contributed by atoms with Gasteiger partial charge in [-0.1, -0.05) is 34.1 Å². The number of halogens is 4. The van der Waals surface area contributed by atoms with Crippen LogP contribution in [0.25, 0.3) is 0 Å². The monoisotopic (exact) mass is 470 g/mol. The van der Waals surface area contributed by atoms with Gasteiger partial charge in [-0.15, -0.1) is 0 Å². The molecule has 1 unspecified atom stereocenters. The number of ether oxygens (including phenoxy) is 1. The Morgan fingerprint density at radius 2 is 1.97 bits per heavy atom. The number of aryl methyl sites for hydroxylation is 2. The summed E-state index contributed by atoms with van der Waals surface area (Å²) >= 11 is 3.24. The fourth-order valence-electron chi connectivity index (χ4n) is 2.87. The van der Waals surface area contributed by atoms with Crippen LogP contribution >= 0.6 is 15.9 Å². The normalized spacial score (nSPS) is 19.3. The van der Waals surface area contributed by atoms with E-state index in [4.69, 9.17) is 4.74 Å². The molecular formula is C20H18BrF3N2O3. The Bertz CT molecular complexity index is 978. The van der Waals surface area contributed by atoms with E-state index in [-0.39, 0.29) is 10.7 Å². The number of hydrazone groups is 1. The van der Waals surface area contributed by atoms with E-state index in [1.807, 2.05) is 13.8 Å². The smallest absolute Gasteiger partial charge is 0.438 e. The highest BCUT2D eigenvalue weighted by atomic mass is 79.9. The molecule has 0 aliphatic carbocycles. The van der Waals surface area contributed by atoms with Gasteiger partial charge in [-0.25, -0.2) is 0 Å². The van der Waals surface area contributed by atoms with Gasteiger partial charge in [0.1, 0.15) is 5.75 Å². The van der Waals surface area contributed by atoms with Crippen molar-refractivity contribution in [2.45, 2.75) is 32.2 Å². The molecule has 0 saturated heterocycles. The van der Waals surface area contributed by atoms with E-state index >= 15 is 0 Å². The van der Waals surface area contributed by atoms with Crippen molar-refractivity contribution in [2.24, 2.45) is 5.10 Å². The first-order chi connectivity index (χ1) is 13.5. The van der Waals surface area contributed by atoms with Crippen LogP contribution in [0.5, 0.6) is 5.75 Å². The lowest BCUT2D eigenvalue weighted by Crippen LogP contribution is -2.57. The van der Waals surface area contributed by atoms with Crippen LogP contribution in [0.1, 0.15) is 23.1 Å². The molecule has 1 aliphatic heterocycles. The van der Waals surface area contributed by atoms with Crippen molar-refractivity contribution in [3.63, 3.8) is 0 Å². The fourth-order valence-corrected chi connectivity index (χ4v) is 3.27. The summed E-state index contributed by atoms with van der Waals surface area (Å²) in [6.45, 7) is 3.05. The lowest BCUT2D eigenvalue weighted by Gasteiger charge is -2.32. The minimum Gasteiger partial charge on any atom is -0.484 e. The first-order valence-electron chi connectivity index (χ1n) is 8.67. The SMILES string of the molecule is Cc1ccc(OCC(=O)N2N=C(c3cccc(Br)c3)CC2(O)C(F)(F)F)cc1C. The summed E-state index contributed by atoms with van der Waals surface area (Å²) in [6.07, 6.45) is -5.97. The second-order valence-electron chi connectivity index (χ2n) is 6.79. The minimum absolute atomic E-state index is 0.0503. The summed E-state index contributed by atoms with van der Waals surface area (Å²) in [7, 11) is 0. The van der Waals surface area contributed by atoms with Gasteiger partial charge in [-0.2, -0.15) is 23.3 Å². The van der Waals surface area contributed by atoms with Crippen LogP contribution < -0.4 is 4.74 Å². The van der Waals surface area contributed by atoms with Crippen molar-refractivity contribution < 1.29 is 27.8 Å². The average molecular weight is 471 g/mol. The zero-order valence-corrected chi connectivity index (χ0v) is 17.2. The van der Waals surface area contributed by atoms with Gasteiger partial charge in [-0.05, 0) is 54.8 Å². The van der Waals surface area contributed by atoms with E-state index in [0.717, 1.165) is 11.1 Å². The maximum absolute atomic E-state index is 13.6. The summed E-state index contributed by atoms with van der Waals surface area (Å²) in [5.41, 5.74) is -1.19. The quantitative estimate of drug-likeness (QED) is 0.723. The number of aliphatic hydroxyl groups is 1. The molecule has 29 heavy (non-hydrogen) atoms. The van der Waals surface area contributed by atoms with Crippen molar-refractivity contribution in [2.75, 3.05) is 6.61 Å². The van der Waals surface area contributed by atoms with Crippen LogP contribution in [0, 0.1) is 13.8 Å². The molecule has 1 atom stereocenters. The molecule has 9 heteroatoms. The molecule has 0 spiro atoms. The molecule has 154 valence electrons. The van der Waals surface area contributed by atoms with Gasteiger partial charge in [0.25, 0.3) is 11.6 Å². The molecule has 1 N–H and O–H groups in total. The van der Waals surface area contributed by atoms with Crippen LogP contribution in [0.15, 0.2) is 52.0 Å². The number of carbonyl (C=O) groups excluding carboxylic acids is 1. The first-order valence-corrected chi connectivity index (χ1v) is 9.46. The van der Waals surface area contributed by atoms with Gasteiger partial charge in [0.15, 0.2) is 6.61 Å². The van der Waals surface area contributed by atoms with E-state index in [0.29, 0.717) is 15.8 Å². The number of benzene rings is 2. The van der Waals surface area contributed by atoms with E-state index in [2.05, 4.69) is 21.0 Å². The average Bonchev–Trinajstić information content (AvgIpc) is 3.01. The van der Waals surface area contributed by atoms with Gasteiger partial charge >= 0.3 is 6.18 Å². The summed E-state index contributed by atoms with van der Waals surface area (Å²) in [5.74, 6) is -0.763. The molecule has 1 amide bonds. The van der Waals surface area contributed by atoms with E-state index in [1.165, 1.54) is 0 Å². The highest BCUT2D eigenvalue weighted by Crippen LogP contribution is 2.41. The lowest BCUT2D eigenvalue weighted by molar-refractivity contribution is -0.302. The third kappa shape index (κ3) is 4.30. The topological polar surface area (TPSA) is 62.1 Å². The summed E-state index contributed by atoms with van der Waals surface area (Å²) in [6, 6.07) is 11.5. The summed E-state index contributed by atoms with van der Waals surface area (Å²) < 4.78 is 46.8. The molecule has 2 aromatic rings. The molecule has 0 radical (unpaired) electrons. The van der Waals surface area contributed by atoms with Crippen LogP contribution in [0.2, 0.25) is 0 Å². The van der Waals surface area contributed by atoms with E-state index < -0.39 is 30.8 Å². The number of hydrogen-bond donors (Lipinski definition) is 1. The van der Waals surface area contributed by atoms with E-state index in [1.54, 1.807) is 42.5 Å². The third-order valence-corrected chi connectivity index (χ3v) is 5.17. The molecular weight excluding hydrogens is 453 g/mol. The number of carbonyl (C=O) groups is 1. The second-order valence-corrected chi connectivity index (χ2v) is 7.70. The molecule has 5 nitrogen and oxygen atoms in total. The van der Waals surface area contributed by atoms with Crippen LogP contribution in [0.4, 0.5) is 13.2 Å². The number of amides is 1. The second kappa shape index (κ2) is 7.79. The maximum atomic E-state index is 13.6. The molecule has 0 saturated carbocycles. The van der Waals surface area contributed by atoms with Gasteiger partial charge < -0.3 is 9.84 Å². The Balaban J connectivity index is 1.85. The minimum atomic E-state index is -5.10. The van der Waals surface area contributed by atoms with Crippen molar-refractivity contribution in [1.29, 1.82) is 0 Å². The number of rotatable bonds is 4. The predicted molar refractivity (Wildman–Crippen MR) is 105 cm³/mol. The Kier molecular flexibility index (Phi) is 5.73. The molecule has 0 bridgehead atoms. The maximum Gasteiger partial charge on any atom is 0.438 e. The van der Waals surface area contributed by atoms with Gasteiger partial charge in [0.2, 0.25) is 0 Å². The Hall–Kier alpha value is -2.39. The largest absolute Gasteiger partial charge is 0.484 e. The van der Waals surface area contributed by atoms with Crippen LogP contribution in [0.3, 0.4) is 0 Å². The van der Waals surface area contributed by atoms with Crippen LogP contribution in [-0.2, 0) is 4.79 Å². The van der Waals surface area contributed by atoms with Gasteiger partial charge in [-0.3, -0.25) is 4.79 Å². The molecule has 1 aliphatic rings. The van der Waals surface area contributed by atoms with Gasteiger partial charge in [0.05, 0.1) is 12.1 Å². The number of nitrogens with zero attached hydrogens (tertiary/aromatic N) is 2. The van der Waals surface area contributed by atoms with Crippen molar-refractivity contribution >= 4 is 27.5 Å². The molecule has 0 fully saturated rings. The molecule has 1 heterocycles.